The molecule has 6 nitrogen and oxygen atoms in total. The summed E-state index contributed by atoms with van der Waals surface area (Å²) >= 11 is 0. The highest BCUT2D eigenvalue weighted by Gasteiger charge is 2.21. The molecule has 1 saturated heterocycles. The van der Waals surface area contributed by atoms with E-state index in [-0.39, 0.29) is 11.8 Å². The molecule has 0 atom stereocenters. The molecule has 0 radical (unpaired) electrons. The third-order valence-corrected chi connectivity index (χ3v) is 4.59. The number of carbonyl (C=O) groups excluding carboxylic acids is 2. The number of nitrogens with two attached hydrogens (primary N) is 1. The first-order valence-corrected chi connectivity index (χ1v) is 9.13. The Morgan fingerprint density at radius 1 is 1.28 bits per heavy atom. The van der Waals surface area contributed by atoms with Crippen molar-refractivity contribution in [2.24, 2.45) is 11.7 Å². The van der Waals surface area contributed by atoms with Gasteiger partial charge in [0.15, 0.2) is 0 Å². The number of amides is 2. The molecule has 0 unspecified atom stereocenters. The molecule has 2 rings (SSSR count). The molecule has 3 N–H and O–H groups in total. The van der Waals surface area contributed by atoms with Crippen molar-refractivity contribution in [3.8, 4) is 5.75 Å². The highest BCUT2D eigenvalue weighted by atomic mass is 16.5. The maximum Gasteiger partial charge on any atom is 0.255 e. The van der Waals surface area contributed by atoms with Gasteiger partial charge in [0, 0.05) is 26.1 Å². The highest BCUT2D eigenvalue weighted by molar-refractivity contribution is 5.96. The van der Waals surface area contributed by atoms with E-state index in [2.05, 4.69) is 5.32 Å². The lowest BCUT2D eigenvalue weighted by Gasteiger charge is -2.31. The van der Waals surface area contributed by atoms with Gasteiger partial charge < -0.3 is 20.7 Å². The zero-order valence-electron chi connectivity index (χ0n) is 15.0. The summed E-state index contributed by atoms with van der Waals surface area (Å²) in [5.41, 5.74) is 6.20. The summed E-state index contributed by atoms with van der Waals surface area (Å²) in [5, 5.41) is 2.87. The van der Waals surface area contributed by atoms with Crippen LogP contribution in [0, 0.1) is 5.92 Å². The average molecular weight is 347 g/mol. The van der Waals surface area contributed by atoms with Gasteiger partial charge in [-0.25, -0.2) is 0 Å². The van der Waals surface area contributed by atoms with E-state index in [0.717, 1.165) is 25.9 Å². The number of hydrogen-bond acceptors (Lipinski definition) is 4. The molecule has 1 aromatic rings. The van der Waals surface area contributed by atoms with Gasteiger partial charge in [0.1, 0.15) is 5.75 Å². The van der Waals surface area contributed by atoms with Gasteiger partial charge in [-0.1, -0.05) is 12.1 Å². The van der Waals surface area contributed by atoms with E-state index in [1.807, 2.05) is 24.0 Å². The summed E-state index contributed by atoms with van der Waals surface area (Å²) in [7, 11) is 0. The number of ether oxygens (including phenoxy) is 1. The Morgan fingerprint density at radius 2 is 2.00 bits per heavy atom. The van der Waals surface area contributed by atoms with E-state index in [4.69, 9.17) is 10.5 Å². The van der Waals surface area contributed by atoms with Crippen molar-refractivity contribution in [2.45, 2.75) is 32.6 Å². The number of likely N-dealkylation sites (tertiary alicyclic amines) is 1. The molecule has 0 saturated carbocycles. The van der Waals surface area contributed by atoms with Crippen LogP contribution in [0.2, 0.25) is 0 Å². The van der Waals surface area contributed by atoms with Crippen molar-refractivity contribution in [1.82, 2.24) is 10.2 Å². The van der Waals surface area contributed by atoms with Gasteiger partial charge in [-0.3, -0.25) is 9.59 Å². The van der Waals surface area contributed by atoms with Crippen LogP contribution in [0.3, 0.4) is 0 Å². The topological polar surface area (TPSA) is 84.7 Å². The molecule has 6 heteroatoms. The molecule has 0 aliphatic carbocycles. The summed E-state index contributed by atoms with van der Waals surface area (Å²) in [6, 6.07) is 7.18. The molecule has 1 aliphatic heterocycles. The van der Waals surface area contributed by atoms with Crippen molar-refractivity contribution in [1.29, 1.82) is 0 Å². The number of benzene rings is 1. The van der Waals surface area contributed by atoms with Crippen molar-refractivity contribution in [2.75, 3.05) is 32.8 Å². The number of rotatable bonds is 8. The van der Waals surface area contributed by atoms with Gasteiger partial charge in [0.05, 0.1) is 12.2 Å². The largest absolute Gasteiger partial charge is 0.493 e. The molecule has 0 bridgehead atoms. The fourth-order valence-electron chi connectivity index (χ4n) is 3.05. The predicted molar refractivity (Wildman–Crippen MR) is 97.5 cm³/mol. The molecule has 2 amide bonds. The van der Waals surface area contributed by atoms with Gasteiger partial charge in [0.25, 0.3) is 5.91 Å². The van der Waals surface area contributed by atoms with Crippen molar-refractivity contribution in [3.63, 3.8) is 0 Å². The summed E-state index contributed by atoms with van der Waals surface area (Å²) in [4.78, 5) is 26.4. The van der Waals surface area contributed by atoms with E-state index in [1.54, 1.807) is 12.1 Å². The van der Waals surface area contributed by atoms with Crippen LogP contribution in [0.4, 0.5) is 0 Å². The Labute approximate surface area is 149 Å². The van der Waals surface area contributed by atoms with E-state index in [1.165, 1.54) is 0 Å². The Morgan fingerprint density at radius 3 is 2.68 bits per heavy atom. The van der Waals surface area contributed by atoms with Crippen LogP contribution in [-0.4, -0.2) is 49.5 Å². The van der Waals surface area contributed by atoms with Crippen LogP contribution in [-0.2, 0) is 4.79 Å². The molecule has 1 aromatic carbocycles. The molecule has 25 heavy (non-hydrogen) atoms. The van der Waals surface area contributed by atoms with E-state index < -0.39 is 0 Å². The number of nitrogens with zero attached hydrogens (tertiary/aromatic N) is 1. The Hall–Kier alpha value is -2.08. The summed E-state index contributed by atoms with van der Waals surface area (Å²) < 4.78 is 5.47. The lowest BCUT2D eigenvalue weighted by molar-refractivity contribution is -0.132. The van der Waals surface area contributed by atoms with Crippen molar-refractivity contribution < 1.29 is 14.3 Å². The second kappa shape index (κ2) is 10.0. The summed E-state index contributed by atoms with van der Waals surface area (Å²) in [6.45, 7) is 5.18. The smallest absolute Gasteiger partial charge is 0.255 e. The molecule has 1 heterocycles. The van der Waals surface area contributed by atoms with E-state index in [9.17, 15) is 9.59 Å². The third-order valence-electron chi connectivity index (χ3n) is 4.59. The lowest BCUT2D eigenvalue weighted by atomic mass is 9.97. The van der Waals surface area contributed by atoms with Crippen LogP contribution < -0.4 is 15.8 Å². The van der Waals surface area contributed by atoms with Crippen molar-refractivity contribution in [3.05, 3.63) is 29.8 Å². The monoisotopic (exact) mass is 347 g/mol. The van der Waals surface area contributed by atoms with Crippen LogP contribution in [0.25, 0.3) is 0 Å². The van der Waals surface area contributed by atoms with Crippen LogP contribution in [0.1, 0.15) is 43.0 Å². The minimum atomic E-state index is -0.166. The maximum atomic E-state index is 12.3. The third kappa shape index (κ3) is 5.74. The molecule has 1 fully saturated rings. The molecular weight excluding hydrogens is 318 g/mol. The van der Waals surface area contributed by atoms with Gasteiger partial charge in [0.2, 0.25) is 5.91 Å². The SMILES string of the molecule is CCOc1ccccc1C(=O)NCCCC(=O)N1CCC(CN)CC1. The first-order valence-electron chi connectivity index (χ1n) is 9.13. The zero-order valence-corrected chi connectivity index (χ0v) is 15.0. The summed E-state index contributed by atoms with van der Waals surface area (Å²) in [5.74, 6) is 1.13. The molecule has 0 aromatic heterocycles. The Kier molecular flexibility index (Phi) is 7.73. The van der Waals surface area contributed by atoms with Crippen molar-refractivity contribution >= 4 is 11.8 Å². The van der Waals surface area contributed by atoms with Gasteiger partial charge in [-0.15, -0.1) is 0 Å². The fourth-order valence-corrected chi connectivity index (χ4v) is 3.05. The lowest BCUT2D eigenvalue weighted by Crippen LogP contribution is -2.40. The molecule has 0 spiro atoms. The standard InChI is InChI=1S/C19H29N3O3/c1-2-25-17-7-4-3-6-16(17)19(24)21-11-5-8-18(23)22-12-9-15(14-20)10-13-22/h3-4,6-7,15H,2,5,8-14,20H2,1H3,(H,21,24). The van der Waals surface area contributed by atoms with Gasteiger partial charge >= 0.3 is 0 Å². The number of carbonyl (C=O) groups is 2. The van der Waals surface area contributed by atoms with Gasteiger partial charge in [-0.05, 0) is 50.8 Å². The zero-order chi connectivity index (χ0) is 18.1. The van der Waals surface area contributed by atoms with Crippen LogP contribution in [0.15, 0.2) is 24.3 Å². The van der Waals surface area contributed by atoms with Crippen LogP contribution in [0.5, 0.6) is 5.75 Å². The number of para-hydroxylation sites is 1. The number of hydrogen-bond donors (Lipinski definition) is 2. The predicted octanol–water partition coefficient (Wildman–Crippen LogP) is 1.79. The van der Waals surface area contributed by atoms with Crippen LogP contribution >= 0.6 is 0 Å². The first kappa shape index (κ1) is 19.2. The molecular formula is C19H29N3O3. The molecule has 138 valence electrons. The minimum absolute atomic E-state index is 0.166. The fraction of sp³-hybridized carbons (Fsp3) is 0.579. The number of nitrogens with one attached hydrogen (secondary N) is 1. The average Bonchev–Trinajstić information content (AvgIpc) is 2.65. The maximum absolute atomic E-state index is 12.3. The summed E-state index contributed by atoms with van der Waals surface area (Å²) in [6.07, 6.45) is 3.08. The normalized spacial score (nSPS) is 15.0. The first-order chi connectivity index (χ1) is 12.2. The second-order valence-corrected chi connectivity index (χ2v) is 6.35. The Balaban J connectivity index is 1.70. The number of piperidine rings is 1. The quantitative estimate of drug-likeness (QED) is 0.702. The Bertz CT molecular complexity index is 569. The van der Waals surface area contributed by atoms with E-state index in [0.29, 0.717) is 49.8 Å². The van der Waals surface area contributed by atoms with E-state index >= 15 is 0 Å². The second-order valence-electron chi connectivity index (χ2n) is 6.35. The highest BCUT2D eigenvalue weighted by Crippen LogP contribution is 2.18. The molecule has 1 aliphatic rings. The minimum Gasteiger partial charge on any atom is -0.493 e. The van der Waals surface area contributed by atoms with Gasteiger partial charge in [-0.2, -0.15) is 0 Å².